The van der Waals surface area contributed by atoms with Gasteiger partial charge in [-0.2, -0.15) is 5.10 Å². The summed E-state index contributed by atoms with van der Waals surface area (Å²) in [5, 5.41) is 10.4. The summed E-state index contributed by atoms with van der Waals surface area (Å²) in [6.45, 7) is 2.77. The molecule has 5 heterocycles. The van der Waals surface area contributed by atoms with Crippen LogP contribution in [0.3, 0.4) is 0 Å². The van der Waals surface area contributed by atoms with E-state index >= 15 is 0 Å². The molecule has 3 aliphatic heterocycles. The Morgan fingerprint density at radius 3 is 2.79 bits per heavy atom. The Hall–Kier alpha value is -3.38. The molecule has 6 heteroatoms. The van der Waals surface area contributed by atoms with Gasteiger partial charge in [0.05, 0.1) is 12.0 Å². The van der Waals surface area contributed by atoms with E-state index < -0.39 is 0 Å². The summed E-state index contributed by atoms with van der Waals surface area (Å²) in [5.74, 6) is 1.33. The molecule has 33 heavy (non-hydrogen) atoms. The van der Waals surface area contributed by atoms with Crippen molar-refractivity contribution in [2.24, 2.45) is 13.0 Å². The van der Waals surface area contributed by atoms with Crippen molar-refractivity contribution < 1.29 is 9.21 Å². The average molecular weight is 441 g/mol. The first-order chi connectivity index (χ1) is 16.2. The van der Waals surface area contributed by atoms with Gasteiger partial charge in [0.15, 0.2) is 5.76 Å². The molecule has 2 aromatic heterocycles. The van der Waals surface area contributed by atoms with Crippen molar-refractivity contribution in [3.63, 3.8) is 0 Å². The molecule has 0 spiro atoms. The van der Waals surface area contributed by atoms with Crippen LogP contribution in [-0.2, 0) is 7.05 Å². The largest absolute Gasteiger partial charge is 0.459 e. The van der Waals surface area contributed by atoms with E-state index in [9.17, 15) is 4.79 Å². The van der Waals surface area contributed by atoms with Crippen LogP contribution in [0.15, 0.2) is 71.3 Å². The number of nitrogens with one attached hydrogen (secondary N) is 1. The third-order valence-corrected chi connectivity index (χ3v) is 7.46. The van der Waals surface area contributed by atoms with Crippen LogP contribution in [0.5, 0.6) is 0 Å². The summed E-state index contributed by atoms with van der Waals surface area (Å²) in [5.41, 5.74) is 3.51. The number of fused-ring (bicyclic) bond motifs is 4. The van der Waals surface area contributed by atoms with Gasteiger partial charge in [0.2, 0.25) is 0 Å². The smallest absolute Gasteiger partial charge is 0.287 e. The van der Waals surface area contributed by atoms with Crippen molar-refractivity contribution in [1.82, 2.24) is 20.0 Å². The molecule has 4 aromatic rings. The Bertz CT molecular complexity index is 1290. The molecular formula is C27H28N4O2. The number of nitrogens with zero attached hydrogens (tertiary/aromatic N) is 3. The van der Waals surface area contributed by atoms with Gasteiger partial charge in [0.25, 0.3) is 5.91 Å². The van der Waals surface area contributed by atoms with E-state index in [2.05, 4.69) is 70.5 Å². The highest BCUT2D eigenvalue weighted by molar-refractivity contribution is 5.91. The molecule has 2 aromatic carbocycles. The molecule has 3 saturated heterocycles. The molecule has 168 valence electrons. The number of hydrogen-bond donors (Lipinski definition) is 1. The van der Waals surface area contributed by atoms with Crippen molar-refractivity contribution in [2.45, 2.75) is 24.8 Å². The minimum atomic E-state index is -0.133. The molecule has 2 bridgehead atoms. The summed E-state index contributed by atoms with van der Waals surface area (Å²) in [4.78, 5) is 14.8. The second-order valence-electron chi connectivity index (χ2n) is 9.37. The third-order valence-electron chi connectivity index (χ3n) is 7.46. The maximum Gasteiger partial charge on any atom is 0.287 e. The SMILES string of the molecule is Cn1nc(-c2ccc3ccccc3c2)cc1C1CN2CCC1CC2CNC(=O)c1ccco1. The standard InChI is InChI=1S/C27H28N4O2/c1-30-25(15-24(29-30)21-9-8-18-5-2-3-6-19(18)13-21)23-17-31-11-10-20(23)14-22(31)16-28-27(32)26-7-4-12-33-26/h2-9,12-13,15,20,22-23H,10-11,14,16-17H2,1H3,(H,28,32). The maximum absolute atomic E-state index is 12.3. The number of amides is 1. The van der Waals surface area contributed by atoms with Gasteiger partial charge >= 0.3 is 0 Å². The van der Waals surface area contributed by atoms with Gasteiger partial charge in [0, 0.05) is 43.4 Å². The van der Waals surface area contributed by atoms with Gasteiger partial charge in [-0.1, -0.05) is 36.4 Å². The third kappa shape index (κ3) is 3.74. The number of aryl methyl sites for hydroxylation is 1. The van der Waals surface area contributed by atoms with E-state index in [1.54, 1.807) is 12.1 Å². The van der Waals surface area contributed by atoms with E-state index in [1.165, 1.54) is 29.2 Å². The minimum Gasteiger partial charge on any atom is -0.459 e. The lowest BCUT2D eigenvalue weighted by Gasteiger charge is -2.49. The van der Waals surface area contributed by atoms with Crippen LogP contribution < -0.4 is 5.32 Å². The average Bonchev–Trinajstić information content (AvgIpc) is 3.53. The summed E-state index contributed by atoms with van der Waals surface area (Å²) < 4.78 is 7.29. The Kier molecular flexibility index (Phi) is 5.03. The van der Waals surface area contributed by atoms with E-state index in [-0.39, 0.29) is 5.91 Å². The molecule has 7 rings (SSSR count). The number of carbonyl (C=O) groups excluding carboxylic acids is 1. The highest BCUT2D eigenvalue weighted by Gasteiger charge is 2.41. The number of aromatic nitrogens is 2. The fourth-order valence-electron chi connectivity index (χ4n) is 5.71. The fourth-order valence-corrected chi connectivity index (χ4v) is 5.71. The molecule has 0 saturated carbocycles. The molecule has 6 nitrogen and oxygen atoms in total. The van der Waals surface area contributed by atoms with E-state index in [0.29, 0.717) is 30.2 Å². The Morgan fingerprint density at radius 2 is 2.00 bits per heavy atom. The van der Waals surface area contributed by atoms with Crippen molar-refractivity contribution in [1.29, 1.82) is 0 Å². The molecule has 0 aliphatic carbocycles. The zero-order valence-electron chi connectivity index (χ0n) is 18.8. The number of hydrogen-bond acceptors (Lipinski definition) is 4. The van der Waals surface area contributed by atoms with E-state index in [1.807, 2.05) is 0 Å². The predicted octanol–water partition coefficient (Wildman–Crippen LogP) is 4.44. The molecule has 3 fully saturated rings. The predicted molar refractivity (Wildman–Crippen MR) is 128 cm³/mol. The second kappa shape index (κ2) is 8.19. The van der Waals surface area contributed by atoms with Crippen molar-refractivity contribution in [2.75, 3.05) is 19.6 Å². The first-order valence-electron chi connectivity index (χ1n) is 11.7. The van der Waals surface area contributed by atoms with Crippen molar-refractivity contribution in [3.05, 3.63) is 78.4 Å². The Labute approximate surface area is 193 Å². The molecule has 4 unspecified atom stereocenters. The quantitative estimate of drug-likeness (QED) is 0.498. The number of carbonyl (C=O) groups is 1. The van der Waals surface area contributed by atoms with Crippen LogP contribution in [0.1, 0.15) is 35.0 Å². The zero-order chi connectivity index (χ0) is 22.4. The van der Waals surface area contributed by atoms with E-state index in [4.69, 9.17) is 9.52 Å². The molecule has 4 atom stereocenters. The Morgan fingerprint density at radius 1 is 1.12 bits per heavy atom. The van der Waals surface area contributed by atoms with Crippen LogP contribution >= 0.6 is 0 Å². The van der Waals surface area contributed by atoms with E-state index in [0.717, 1.165) is 30.8 Å². The topological polar surface area (TPSA) is 63.3 Å². The Balaban J connectivity index is 1.18. The molecule has 1 amide bonds. The highest BCUT2D eigenvalue weighted by Crippen LogP contribution is 2.42. The first-order valence-corrected chi connectivity index (χ1v) is 11.7. The minimum absolute atomic E-state index is 0.133. The normalized spacial score (nSPS) is 24.3. The molecular weight excluding hydrogens is 412 g/mol. The lowest BCUT2D eigenvalue weighted by atomic mass is 9.74. The molecule has 1 N–H and O–H groups in total. The number of rotatable bonds is 5. The van der Waals surface area contributed by atoms with Crippen LogP contribution in [0.2, 0.25) is 0 Å². The van der Waals surface area contributed by atoms with Gasteiger partial charge in [-0.25, -0.2) is 0 Å². The molecule has 0 radical (unpaired) electrons. The van der Waals surface area contributed by atoms with Crippen LogP contribution in [-0.4, -0.2) is 46.3 Å². The number of piperidine rings is 3. The van der Waals surface area contributed by atoms with Gasteiger partial charge in [0.1, 0.15) is 0 Å². The van der Waals surface area contributed by atoms with Crippen LogP contribution in [0, 0.1) is 5.92 Å². The summed E-state index contributed by atoms with van der Waals surface area (Å²) >= 11 is 0. The monoisotopic (exact) mass is 440 g/mol. The van der Waals surface area contributed by atoms with Gasteiger partial charge in [-0.15, -0.1) is 0 Å². The number of benzene rings is 2. The lowest BCUT2D eigenvalue weighted by Crippen LogP contribution is -2.56. The van der Waals surface area contributed by atoms with Gasteiger partial charge in [-0.05, 0) is 60.3 Å². The van der Waals surface area contributed by atoms with Crippen LogP contribution in [0.4, 0.5) is 0 Å². The first kappa shape index (κ1) is 20.2. The van der Waals surface area contributed by atoms with Crippen molar-refractivity contribution in [3.8, 4) is 11.3 Å². The fraction of sp³-hybridized carbons (Fsp3) is 0.333. The van der Waals surface area contributed by atoms with Crippen LogP contribution in [0.25, 0.3) is 22.0 Å². The second-order valence-corrected chi connectivity index (χ2v) is 9.37. The maximum atomic E-state index is 12.3. The number of furan rings is 1. The lowest BCUT2D eigenvalue weighted by molar-refractivity contribution is 0.0278. The zero-order valence-corrected chi connectivity index (χ0v) is 18.8. The summed E-state index contributed by atoms with van der Waals surface area (Å²) in [7, 11) is 2.07. The van der Waals surface area contributed by atoms with Gasteiger partial charge in [-0.3, -0.25) is 14.4 Å². The summed E-state index contributed by atoms with van der Waals surface area (Å²) in [6, 6.07) is 21.1. The van der Waals surface area contributed by atoms with Gasteiger partial charge < -0.3 is 9.73 Å². The highest BCUT2D eigenvalue weighted by atomic mass is 16.3. The molecule has 3 aliphatic rings. The summed E-state index contributed by atoms with van der Waals surface area (Å²) in [6.07, 6.45) is 3.83. The van der Waals surface area contributed by atoms with Crippen molar-refractivity contribution >= 4 is 16.7 Å².